The number of aromatic nitrogens is 3. The molecule has 3 aromatic rings. The van der Waals surface area contributed by atoms with Crippen LogP contribution in [0.1, 0.15) is 5.56 Å². The third kappa shape index (κ3) is 3.35. The van der Waals surface area contributed by atoms with Crippen molar-refractivity contribution in [3.05, 3.63) is 73.7 Å². The van der Waals surface area contributed by atoms with Gasteiger partial charge in [-0.15, -0.1) is 0 Å². The maximum absolute atomic E-state index is 11.3. The van der Waals surface area contributed by atoms with E-state index >= 15 is 0 Å². The lowest BCUT2D eigenvalue weighted by Crippen LogP contribution is -2.22. The molecule has 25 heavy (non-hydrogen) atoms. The van der Waals surface area contributed by atoms with Crippen LogP contribution in [-0.4, -0.2) is 24.9 Å². The molecule has 1 heterocycles. The Kier molecular flexibility index (Phi) is 4.47. The normalized spacial score (nSPS) is 11.7. The first kappa shape index (κ1) is 17.0. The van der Waals surface area contributed by atoms with Crippen molar-refractivity contribution in [2.45, 2.75) is 6.92 Å². The van der Waals surface area contributed by atoms with E-state index in [4.69, 9.17) is 23.2 Å². The van der Waals surface area contributed by atoms with Gasteiger partial charge in [-0.25, -0.2) is 4.99 Å². The van der Waals surface area contributed by atoms with Crippen molar-refractivity contribution >= 4 is 34.7 Å². The molecule has 1 aromatic heterocycles. The third-order valence-electron chi connectivity index (χ3n) is 3.30. The lowest BCUT2D eigenvalue weighted by atomic mass is 10.2. The molecule has 0 spiro atoms. The zero-order valence-corrected chi connectivity index (χ0v) is 14.3. The number of hydrogen-bond acceptors (Lipinski definition) is 5. The van der Waals surface area contributed by atoms with Gasteiger partial charge >= 0.3 is 5.82 Å². The highest BCUT2D eigenvalue weighted by molar-refractivity contribution is 6.33. The zero-order valence-electron chi connectivity index (χ0n) is 12.8. The first-order valence-corrected chi connectivity index (χ1v) is 7.75. The van der Waals surface area contributed by atoms with Gasteiger partial charge in [-0.1, -0.05) is 40.2 Å². The zero-order chi connectivity index (χ0) is 18.1. The summed E-state index contributed by atoms with van der Waals surface area (Å²) < 4.78 is 0. The molecule has 0 atom stereocenters. The van der Waals surface area contributed by atoms with Gasteiger partial charge in [-0.05, 0) is 52.5 Å². The average molecular weight is 380 g/mol. The average Bonchev–Trinajstić information content (AvgIpc) is 2.87. The third-order valence-corrected chi connectivity index (χ3v) is 3.84. The summed E-state index contributed by atoms with van der Waals surface area (Å²) in [6.07, 6.45) is 0. The number of hydrogen-bond donors (Lipinski definition) is 1. The van der Waals surface area contributed by atoms with Crippen molar-refractivity contribution in [3.63, 3.8) is 0 Å². The molecule has 1 N–H and O–H groups in total. The fraction of sp³-hybridized carbons (Fsp3) is 0.0667. The smallest absolute Gasteiger partial charge is 0.409 e. The van der Waals surface area contributed by atoms with Crippen molar-refractivity contribution < 1.29 is 10.1 Å². The van der Waals surface area contributed by atoms with Crippen LogP contribution in [0, 0.1) is 17.0 Å². The number of nitro groups is 1. The Morgan fingerprint density at radius 2 is 2.00 bits per heavy atom. The second kappa shape index (κ2) is 6.58. The van der Waals surface area contributed by atoms with Crippen LogP contribution in [0.25, 0.3) is 5.69 Å². The van der Waals surface area contributed by atoms with Gasteiger partial charge in [-0.3, -0.25) is 0 Å². The monoisotopic (exact) mass is 379 g/mol. The van der Waals surface area contributed by atoms with Crippen LogP contribution in [0.3, 0.4) is 0 Å². The van der Waals surface area contributed by atoms with E-state index in [-0.39, 0.29) is 11.2 Å². The Bertz CT molecular complexity index is 1040. The molecule has 0 saturated carbocycles. The molecule has 2 aromatic carbocycles. The van der Waals surface area contributed by atoms with Crippen molar-refractivity contribution in [1.29, 1.82) is 0 Å². The molecule has 0 aliphatic carbocycles. The molecule has 128 valence electrons. The summed E-state index contributed by atoms with van der Waals surface area (Å²) in [6, 6.07) is 11.3. The van der Waals surface area contributed by atoms with Crippen LogP contribution in [0.5, 0.6) is 0 Å². The number of rotatable bonds is 3. The van der Waals surface area contributed by atoms with Gasteiger partial charge in [0, 0.05) is 5.02 Å². The quantitative estimate of drug-likeness (QED) is 0.426. The molecule has 0 amide bonds. The van der Waals surface area contributed by atoms with Crippen molar-refractivity contribution in [3.8, 4) is 5.69 Å². The van der Waals surface area contributed by atoms with E-state index in [0.29, 0.717) is 20.6 Å². The van der Waals surface area contributed by atoms with Gasteiger partial charge < -0.3 is 15.3 Å². The fourth-order valence-corrected chi connectivity index (χ4v) is 2.62. The summed E-state index contributed by atoms with van der Waals surface area (Å²) >= 11 is 12.0. The lowest BCUT2D eigenvalue weighted by Gasteiger charge is -2.01. The molecule has 10 heteroatoms. The van der Waals surface area contributed by atoms with Crippen molar-refractivity contribution in [1.82, 2.24) is 14.7 Å². The molecular formula is C15H11Cl2N5O3. The Morgan fingerprint density at radius 1 is 1.24 bits per heavy atom. The standard InChI is InChI=1S/C15H11Cl2N5O3/c1-9-5-6-13(12(17)7-9)18-14-15(22(24)25)19-20(21(14)23)11-4-2-3-10(16)8-11/h2-8,23H,1H3. The summed E-state index contributed by atoms with van der Waals surface area (Å²) in [7, 11) is 0. The molecule has 0 saturated heterocycles. The molecule has 0 bridgehead atoms. The highest BCUT2D eigenvalue weighted by atomic mass is 35.5. The van der Waals surface area contributed by atoms with Gasteiger partial charge in [0.2, 0.25) is 0 Å². The SMILES string of the molecule is Cc1ccc(N=c2c([N+](=O)[O-])nn(-c3cccc(Cl)c3)n2O)c(Cl)c1. The minimum Gasteiger partial charge on any atom is -0.409 e. The highest BCUT2D eigenvalue weighted by Gasteiger charge is 2.24. The Balaban J connectivity index is 2.26. The predicted molar refractivity (Wildman–Crippen MR) is 91.8 cm³/mol. The van der Waals surface area contributed by atoms with E-state index in [1.807, 2.05) is 6.92 Å². The van der Waals surface area contributed by atoms with Crippen molar-refractivity contribution in [2.24, 2.45) is 4.99 Å². The summed E-state index contributed by atoms with van der Waals surface area (Å²) in [6.45, 7) is 1.85. The molecule has 0 fully saturated rings. The van der Waals surface area contributed by atoms with Crippen LogP contribution in [0.2, 0.25) is 10.0 Å². The molecule has 0 unspecified atom stereocenters. The topological polar surface area (TPSA) is 98.5 Å². The molecule has 8 nitrogen and oxygen atoms in total. The van der Waals surface area contributed by atoms with Crippen LogP contribution >= 0.6 is 23.2 Å². The van der Waals surface area contributed by atoms with Crippen molar-refractivity contribution in [2.75, 3.05) is 0 Å². The minimum absolute atomic E-state index is 0.267. The van der Waals surface area contributed by atoms with Crippen LogP contribution in [-0.2, 0) is 0 Å². The summed E-state index contributed by atoms with van der Waals surface area (Å²) in [5.74, 6) is -0.626. The fourth-order valence-electron chi connectivity index (χ4n) is 2.15. The number of aryl methyl sites for hydroxylation is 1. The number of nitrogens with zero attached hydrogens (tertiary/aromatic N) is 5. The Labute approximate surface area is 151 Å². The van der Waals surface area contributed by atoms with E-state index in [1.54, 1.807) is 36.4 Å². The van der Waals surface area contributed by atoms with Gasteiger partial charge in [0.15, 0.2) is 0 Å². The van der Waals surface area contributed by atoms with Gasteiger partial charge in [0.1, 0.15) is 5.69 Å². The summed E-state index contributed by atoms with van der Waals surface area (Å²) in [5, 5.41) is 26.1. The molecule has 3 rings (SSSR count). The second-order valence-corrected chi connectivity index (χ2v) is 5.97. The summed E-state index contributed by atoms with van der Waals surface area (Å²) in [4.78, 5) is 16.0. The maximum atomic E-state index is 11.3. The first-order chi connectivity index (χ1) is 11.9. The first-order valence-electron chi connectivity index (χ1n) is 6.99. The van der Waals surface area contributed by atoms with E-state index in [1.165, 1.54) is 6.07 Å². The highest BCUT2D eigenvalue weighted by Crippen LogP contribution is 2.25. The Hall–Kier alpha value is -2.84. The van der Waals surface area contributed by atoms with E-state index in [0.717, 1.165) is 10.4 Å². The van der Waals surface area contributed by atoms with E-state index in [9.17, 15) is 15.3 Å². The van der Waals surface area contributed by atoms with Gasteiger partial charge in [-0.2, -0.15) is 0 Å². The number of halogens is 2. The molecule has 0 radical (unpaired) electrons. The predicted octanol–water partition coefficient (Wildman–Crippen LogP) is 3.67. The second-order valence-electron chi connectivity index (χ2n) is 5.13. The molecule has 0 aliphatic rings. The van der Waals surface area contributed by atoms with Gasteiger partial charge in [0.25, 0.3) is 5.49 Å². The molecule has 0 aliphatic heterocycles. The minimum atomic E-state index is -0.741. The van der Waals surface area contributed by atoms with E-state index in [2.05, 4.69) is 10.1 Å². The van der Waals surface area contributed by atoms with Crippen LogP contribution < -0.4 is 5.49 Å². The lowest BCUT2D eigenvalue weighted by molar-refractivity contribution is -0.391. The maximum Gasteiger partial charge on any atom is 0.438 e. The van der Waals surface area contributed by atoms with Gasteiger partial charge in [0.05, 0.1) is 15.8 Å². The largest absolute Gasteiger partial charge is 0.438 e. The van der Waals surface area contributed by atoms with Crippen LogP contribution in [0.4, 0.5) is 11.5 Å². The Morgan fingerprint density at radius 3 is 2.64 bits per heavy atom. The molecular weight excluding hydrogens is 369 g/mol. The van der Waals surface area contributed by atoms with E-state index < -0.39 is 10.7 Å². The van der Waals surface area contributed by atoms with Crippen LogP contribution in [0.15, 0.2) is 47.5 Å². The summed E-state index contributed by atoms with van der Waals surface area (Å²) in [5.41, 5.74) is 1.14. The number of benzene rings is 2.